The Morgan fingerprint density at radius 2 is 1.88 bits per heavy atom. The van der Waals surface area contributed by atoms with E-state index in [2.05, 4.69) is 10.6 Å². The Morgan fingerprint density at radius 1 is 1.27 bits per heavy atom. The number of ketones is 1. The Bertz CT molecular complexity index is 763. The highest BCUT2D eigenvalue weighted by Gasteiger charge is 2.30. The molecule has 9 heteroatoms. The summed E-state index contributed by atoms with van der Waals surface area (Å²) < 4.78 is 0. The van der Waals surface area contributed by atoms with E-state index in [-0.39, 0.29) is 22.9 Å². The van der Waals surface area contributed by atoms with E-state index in [0.717, 1.165) is 0 Å². The second-order valence-electron chi connectivity index (χ2n) is 5.65. The molecule has 2 atom stereocenters. The van der Waals surface area contributed by atoms with E-state index < -0.39 is 35.3 Å². The molecule has 1 rings (SSSR count). The van der Waals surface area contributed by atoms with Crippen LogP contribution in [0.3, 0.4) is 0 Å². The van der Waals surface area contributed by atoms with Crippen molar-refractivity contribution in [2.75, 3.05) is 5.32 Å². The van der Waals surface area contributed by atoms with Crippen LogP contribution in [-0.4, -0.2) is 40.4 Å². The van der Waals surface area contributed by atoms with Crippen LogP contribution in [0.25, 0.3) is 0 Å². The minimum Gasteiger partial charge on any atom is -0.481 e. The number of hydrogen-bond donors (Lipinski definition) is 4. The lowest BCUT2D eigenvalue weighted by molar-refractivity contribution is -0.140. The molecule has 26 heavy (non-hydrogen) atoms. The first-order valence-corrected chi connectivity index (χ1v) is 8.19. The molecule has 140 valence electrons. The Labute approximate surface area is 155 Å². The average molecular weight is 382 g/mol. The van der Waals surface area contributed by atoms with Gasteiger partial charge in [-0.2, -0.15) is 0 Å². The maximum absolute atomic E-state index is 12.2. The molecule has 1 aromatic carbocycles. The number of carboxylic acid groups (broad SMARTS) is 1. The largest absolute Gasteiger partial charge is 0.481 e. The van der Waals surface area contributed by atoms with E-state index in [9.17, 15) is 19.2 Å². The highest BCUT2D eigenvalue weighted by Crippen LogP contribution is 2.23. The fraction of sp³-hybridized carbons (Fsp3) is 0.353. The standard InChI is InChI=1S/C17H20ClN3O5/c1-4-11(17(25)26)14(19)15(23)8(2)20-16(24)10-5-6-13(12(18)7-10)21-9(3)22/h5-8,11,19H,4H2,1-3H3,(H,20,24)(H,21,22)(H,25,26). The summed E-state index contributed by atoms with van der Waals surface area (Å²) in [5.74, 6) is -4.17. The molecule has 0 heterocycles. The van der Waals surface area contributed by atoms with E-state index in [1.807, 2.05) is 0 Å². The molecule has 0 saturated heterocycles. The molecule has 0 fully saturated rings. The Kier molecular flexibility index (Phi) is 7.45. The molecule has 8 nitrogen and oxygen atoms in total. The van der Waals surface area contributed by atoms with Gasteiger partial charge in [0.1, 0.15) is 5.92 Å². The fourth-order valence-corrected chi connectivity index (χ4v) is 2.43. The molecule has 0 saturated carbocycles. The van der Waals surface area contributed by atoms with Crippen LogP contribution in [0.15, 0.2) is 18.2 Å². The number of rotatable bonds is 8. The number of nitrogens with one attached hydrogen (secondary N) is 3. The maximum Gasteiger partial charge on any atom is 0.312 e. The van der Waals surface area contributed by atoms with E-state index in [4.69, 9.17) is 22.1 Å². The number of aliphatic carboxylic acids is 1. The Balaban J connectivity index is 2.85. The number of amides is 2. The summed E-state index contributed by atoms with van der Waals surface area (Å²) >= 11 is 6.00. The molecule has 0 spiro atoms. The molecule has 1 aromatic rings. The molecule has 0 radical (unpaired) electrons. The molecule has 2 unspecified atom stereocenters. The van der Waals surface area contributed by atoms with Gasteiger partial charge in [0.05, 0.1) is 22.5 Å². The number of carbonyl (C=O) groups excluding carboxylic acids is 3. The molecule has 0 bridgehead atoms. The number of carboxylic acids is 1. The second-order valence-corrected chi connectivity index (χ2v) is 6.06. The van der Waals surface area contributed by atoms with Crippen LogP contribution in [0, 0.1) is 11.3 Å². The van der Waals surface area contributed by atoms with Gasteiger partial charge in [0.15, 0.2) is 5.78 Å². The minimum absolute atomic E-state index is 0.0980. The average Bonchev–Trinajstić information content (AvgIpc) is 2.55. The lowest BCUT2D eigenvalue weighted by Gasteiger charge is -2.17. The zero-order valence-electron chi connectivity index (χ0n) is 14.6. The topological polar surface area (TPSA) is 136 Å². The Hall–Kier alpha value is -2.74. The number of halogens is 1. The van der Waals surface area contributed by atoms with Gasteiger partial charge in [-0.15, -0.1) is 0 Å². The Morgan fingerprint density at radius 3 is 2.35 bits per heavy atom. The summed E-state index contributed by atoms with van der Waals surface area (Å²) in [6.45, 7) is 4.25. The van der Waals surface area contributed by atoms with E-state index in [1.54, 1.807) is 6.92 Å². The number of hydrogen-bond acceptors (Lipinski definition) is 5. The summed E-state index contributed by atoms with van der Waals surface area (Å²) in [7, 11) is 0. The quantitative estimate of drug-likeness (QED) is 0.511. The van der Waals surface area contributed by atoms with Crippen molar-refractivity contribution in [3.05, 3.63) is 28.8 Å². The normalized spacial score (nSPS) is 12.6. The molecule has 0 aliphatic heterocycles. The number of carbonyl (C=O) groups is 4. The SMILES string of the molecule is CCC(C(=N)C(=O)C(C)NC(=O)c1ccc(NC(C)=O)c(Cl)c1)C(=O)O. The molecule has 0 aromatic heterocycles. The first-order chi connectivity index (χ1) is 12.1. The van der Waals surface area contributed by atoms with Crippen molar-refractivity contribution in [1.29, 1.82) is 5.41 Å². The maximum atomic E-state index is 12.2. The third-order valence-electron chi connectivity index (χ3n) is 3.60. The van der Waals surface area contributed by atoms with Crippen LogP contribution >= 0.6 is 11.6 Å². The van der Waals surface area contributed by atoms with Gasteiger partial charge in [0, 0.05) is 12.5 Å². The van der Waals surface area contributed by atoms with E-state index >= 15 is 0 Å². The monoisotopic (exact) mass is 381 g/mol. The van der Waals surface area contributed by atoms with Crippen molar-refractivity contribution in [1.82, 2.24) is 5.32 Å². The van der Waals surface area contributed by atoms with Crippen LogP contribution in [0.5, 0.6) is 0 Å². The summed E-state index contributed by atoms with van der Waals surface area (Å²) in [6.07, 6.45) is 0.0980. The predicted octanol–water partition coefficient (Wildman–Crippen LogP) is 2.12. The van der Waals surface area contributed by atoms with Gasteiger partial charge < -0.3 is 21.1 Å². The molecule has 0 aliphatic rings. The van der Waals surface area contributed by atoms with Gasteiger partial charge in [-0.3, -0.25) is 19.2 Å². The van der Waals surface area contributed by atoms with Crippen molar-refractivity contribution in [2.45, 2.75) is 33.2 Å². The zero-order valence-corrected chi connectivity index (χ0v) is 15.3. The number of Topliss-reactive ketones (excluding diaryl/α,β-unsaturated/α-hetero) is 1. The highest BCUT2D eigenvalue weighted by atomic mass is 35.5. The van der Waals surface area contributed by atoms with Gasteiger partial charge in [0.25, 0.3) is 5.91 Å². The minimum atomic E-state index is -1.26. The van der Waals surface area contributed by atoms with E-state index in [1.165, 1.54) is 32.0 Å². The number of anilines is 1. The third-order valence-corrected chi connectivity index (χ3v) is 3.92. The van der Waals surface area contributed by atoms with Crippen LogP contribution in [0.2, 0.25) is 5.02 Å². The van der Waals surface area contributed by atoms with E-state index in [0.29, 0.717) is 5.69 Å². The zero-order chi connectivity index (χ0) is 20.0. The van der Waals surface area contributed by atoms with Gasteiger partial charge in [0.2, 0.25) is 5.91 Å². The smallest absolute Gasteiger partial charge is 0.312 e. The summed E-state index contributed by atoms with van der Waals surface area (Å²) in [5, 5.41) is 21.8. The van der Waals surface area contributed by atoms with Gasteiger partial charge in [-0.1, -0.05) is 18.5 Å². The lowest BCUT2D eigenvalue weighted by Crippen LogP contribution is -2.44. The van der Waals surface area contributed by atoms with Crippen LogP contribution in [0.1, 0.15) is 37.6 Å². The van der Waals surface area contributed by atoms with Crippen LogP contribution < -0.4 is 10.6 Å². The highest BCUT2D eigenvalue weighted by molar-refractivity contribution is 6.44. The van der Waals surface area contributed by atoms with Crippen molar-refractivity contribution in [3.63, 3.8) is 0 Å². The molecule has 2 amide bonds. The van der Waals surface area contributed by atoms with Crippen molar-refractivity contribution < 1.29 is 24.3 Å². The third kappa shape index (κ3) is 5.38. The molecular formula is C17H20ClN3O5. The number of benzene rings is 1. The fourth-order valence-electron chi connectivity index (χ4n) is 2.20. The summed E-state index contributed by atoms with van der Waals surface area (Å²) in [5.41, 5.74) is -0.0683. The lowest BCUT2D eigenvalue weighted by atomic mass is 9.94. The molecule has 4 N–H and O–H groups in total. The van der Waals surface area contributed by atoms with Crippen molar-refractivity contribution in [3.8, 4) is 0 Å². The van der Waals surface area contributed by atoms with Crippen molar-refractivity contribution >= 4 is 46.6 Å². The summed E-state index contributed by atoms with van der Waals surface area (Å²) in [6, 6.07) is 3.12. The van der Waals surface area contributed by atoms with Crippen LogP contribution in [-0.2, 0) is 14.4 Å². The van der Waals surface area contributed by atoms with Gasteiger partial charge in [-0.05, 0) is 31.5 Å². The molecule has 0 aliphatic carbocycles. The second kappa shape index (κ2) is 9.10. The van der Waals surface area contributed by atoms with Gasteiger partial charge >= 0.3 is 5.97 Å². The van der Waals surface area contributed by atoms with Gasteiger partial charge in [-0.25, -0.2) is 0 Å². The van der Waals surface area contributed by atoms with Crippen molar-refractivity contribution in [2.24, 2.45) is 5.92 Å². The van der Waals surface area contributed by atoms with Crippen LogP contribution in [0.4, 0.5) is 5.69 Å². The summed E-state index contributed by atoms with van der Waals surface area (Å²) in [4.78, 5) is 46.5. The predicted molar refractivity (Wildman–Crippen MR) is 96.8 cm³/mol. The first-order valence-electron chi connectivity index (χ1n) is 7.81. The molecular weight excluding hydrogens is 362 g/mol. The first kappa shape index (κ1) is 21.3.